The molecule has 20 heavy (non-hydrogen) atoms. The minimum Gasteiger partial charge on any atom is -0.382 e. The smallest absolute Gasteiger partial charge is 0.0722 e. The van der Waals surface area contributed by atoms with Gasteiger partial charge in [-0.2, -0.15) is 0 Å². The zero-order valence-electron chi connectivity index (χ0n) is 11.8. The number of benzene rings is 1. The zero-order valence-corrected chi connectivity index (χ0v) is 11.8. The van der Waals surface area contributed by atoms with Gasteiger partial charge in [-0.05, 0) is 25.0 Å². The van der Waals surface area contributed by atoms with Crippen molar-refractivity contribution in [3.05, 3.63) is 36.5 Å². The SMILES string of the molecule is c1ccc2c(NCCOC3CCCCC3)ccnc2c1. The van der Waals surface area contributed by atoms with E-state index in [0.29, 0.717) is 6.10 Å². The maximum Gasteiger partial charge on any atom is 0.0722 e. The third-order valence-corrected chi connectivity index (χ3v) is 3.97. The molecule has 0 saturated heterocycles. The second-order valence-electron chi connectivity index (χ2n) is 5.43. The predicted octanol–water partition coefficient (Wildman–Crippen LogP) is 4.00. The van der Waals surface area contributed by atoms with Gasteiger partial charge in [-0.25, -0.2) is 0 Å². The molecule has 1 fully saturated rings. The standard InChI is InChI=1S/C17H22N2O/c1-2-6-14(7-3-1)20-13-12-19-17-10-11-18-16-9-5-4-8-15(16)17/h4-5,8-11,14H,1-3,6-7,12-13H2,(H,18,19). The average molecular weight is 270 g/mol. The Bertz CT molecular complexity index is 544. The fourth-order valence-corrected chi connectivity index (χ4v) is 2.89. The normalized spacial score (nSPS) is 16.4. The van der Waals surface area contributed by atoms with E-state index in [1.165, 1.54) is 37.5 Å². The van der Waals surface area contributed by atoms with Crippen LogP contribution in [0.4, 0.5) is 5.69 Å². The van der Waals surface area contributed by atoms with Gasteiger partial charge in [-0.1, -0.05) is 37.5 Å². The van der Waals surface area contributed by atoms with Gasteiger partial charge in [0.1, 0.15) is 0 Å². The van der Waals surface area contributed by atoms with Crippen LogP contribution in [0, 0.1) is 0 Å². The molecular weight excluding hydrogens is 248 g/mol. The van der Waals surface area contributed by atoms with Crippen molar-refractivity contribution in [1.82, 2.24) is 4.98 Å². The zero-order chi connectivity index (χ0) is 13.6. The van der Waals surface area contributed by atoms with E-state index in [-0.39, 0.29) is 0 Å². The van der Waals surface area contributed by atoms with E-state index in [1.54, 1.807) is 0 Å². The number of para-hydroxylation sites is 1. The first-order chi connectivity index (χ1) is 9.93. The lowest BCUT2D eigenvalue weighted by Gasteiger charge is -2.22. The van der Waals surface area contributed by atoms with Gasteiger partial charge >= 0.3 is 0 Å². The maximum atomic E-state index is 5.94. The fourth-order valence-electron chi connectivity index (χ4n) is 2.89. The summed E-state index contributed by atoms with van der Waals surface area (Å²) in [6.07, 6.45) is 8.84. The lowest BCUT2D eigenvalue weighted by Crippen LogP contribution is -2.20. The van der Waals surface area contributed by atoms with E-state index in [0.717, 1.165) is 24.4 Å². The first kappa shape index (κ1) is 13.4. The van der Waals surface area contributed by atoms with Crippen molar-refractivity contribution >= 4 is 16.6 Å². The Labute approximate surface area is 120 Å². The van der Waals surface area contributed by atoms with E-state index in [2.05, 4.69) is 16.4 Å². The molecule has 1 saturated carbocycles. The Kier molecular flexibility index (Phi) is 4.49. The molecule has 0 unspecified atom stereocenters. The van der Waals surface area contributed by atoms with Crippen LogP contribution in [-0.2, 0) is 4.74 Å². The van der Waals surface area contributed by atoms with E-state index >= 15 is 0 Å². The summed E-state index contributed by atoms with van der Waals surface area (Å²) in [5.41, 5.74) is 2.17. The Morgan fingerprint density at radius 2 is 1.95 bits per heavy atom. The Morgan fingerprint density at radius 3 is 2.85 bits per heavy atom. The number of fused-ring (bicyclic) bond motifs is 1. The summed E-state index contributed by atoms with van der Waals surface area (Å²) >= 11 is 0. The summed E-state index contributed by atoms with van der Waals surface area (Å²) in [6, 6.07) is 10.2. The molecule has 3 rings (SSSR count). The van der Waals surface area contributed by atoms with Gasteiger partial charge in [-0.15, -0.1) is 0 Å². The molecule has 106 valence electrons. The molecule has 1 aliphatic rings. The summed E-state index contributed by atoms with van der Waals surface area (Å²) in [5.74, 6) is 0. The highest BCUT2D eigenvalue weighted by molar-refractivity contribution is 5.90. The highest BCUT2D eigenvalue weighted by atomic mass is 16.5. The molecule has 2 aromatic rings. The van der Waals surface area contributed by atoms with Gasteiger partial charge in [0.05, 0.1) is 18.2 Å². The molecule has 3 nitrogen and oxygen atoms in total. The van der Waals surface area contributed by atoms with Crippen molar-refractivity contribution in [1.29, 1.82) is 0 Å². The molecule has 0 radical (unpaired) electrons. The largest absolute Gasteiger partial charge is 0.382 e. The first-order valence-corrected chi connectivity index (χ1v) is 7.63. The van der Waals surface area contributed by atoms with Gasteiger partial charge in [-0.3, -0.25) is 4.98 Å². The van der Waals surface area contributed by atoms with E-state index in [9.17, 15) is 0 Å². The van der Waals surface area contributed by atoms with Gasteiger partial charge in [0.2, 0.25) is 0 Å². The monoisotopic (exact) mass is 270 g/mol. The molecule has 0 aliphatic heterocycles. The van der Waals surface area contributed by atoms with Crippen LogP contribution < -0.4 is 5.32 Å². The van der Waals surface area contributed by atoms with E-state index in [1.807, 2.05) is 30.5 Å². The summed E-state index contributed by atoms with van der Waals surface area (Å²) in [6.45, 7) is 1.63. The van der Waals surface area contributed by atoms with Crippen LogP contribution in [0.3, 0.4) is 0 Å². The van der Waals surface area contributed by atoms with Gasteiger partial charge < -0.3 is 10.1 Å². The van der Waals surface area contributed by atoms with Crippen molar-refractivity contribution in [3.8, 4) is 0 Å². The van der Waals surface area contributed by atoms with Crippen molar-refractivity contribution in [2.45, 2.75) is 38.2 Å². The number of rotatable bonds is 5. The van der Waals surface area contributed by atoms with Gasteiger partial charge in [0.25, 0.3) is 0 Å². The van der Waals surface area contributed by atoms with E-state index < -0.39 is 0 Å². The second kappa shape index (κ2) is 6.71. The molecule has 1 N–H and O–H groups in total. The van der Waals surface area contributed by atoms with E-state index in [4.69, 9.17) is 4.74 Å². The van der Waals surface area contributed by atoms with Crippen LogP contribution in [0.15, 0.2) is 36.5 Å². The molecular formula is C17H22N2O. The topological polar surface area (TPSA) is 34.1 Å². The number of ether oxygens (including phenoxy) is 1. The van der Waals surface area contributed by atoms with Crippen LogP contribution in [0.5, 0.6) is 0 Å². The van der Waals surface area contributed by atoms with Crippen LogP contribution >= 0.6 is 0 Å². The molecule has 1 aromatic carbocycles. The fraction of sp³-hybridized carbons (Fsp3) is 0.471. The van der Waals surface area contributed by atoms with Gasteiger partial charge in [0, 0.05) is 23.8 Å². The van der Waals surface area contributed by atoms with Crippen LogP contribution in [0.2, 0.25) is 0 Å². The number of pyridine rings is 1. The van der Waals surface area contributed by atoms with Crippen LogP contribution in [0.25, 0.3) is 10.9 Å². The van der Waals surface area contributed by atoms with Crippen LogP contribution in [0.1, 0.15) is 32.1 Å². The minimum atomic E-state index is 0.486. The van der Waals surface area contributed by atoms with Crippen LogP contribution in [-0.4, -0.2) is 24.2 Å². The lowest BCUT2D eigenvalue weighted by molar-refractivity contribution is 0.0347. The Hall–Kier alpha value is -1.61. The average Bonchev–Trinajstić information content (AvgIpc) is 2.53. The number of hydrogen-bond acceptors (Lipinski definition) is 3. The summed E-state index contributed by atoms with van der Waals surface area (Å²) in [4.78, 5) is 4.37. The molecule has 3 heteroatoms. The second-order valence-corrected chi connectivity index (χ2v) is 5.43. The summed E-state index contributed by atoms with van der Waals surface area (Å²) < 4.78 is 5.94. The number of anilines is 1. The third-order valence-electron chi connectivity index (χ3n) is 3.97. The van der Waals surface area contributed by atoms with Crippen molar-refractivity contribution in [2.24, 2.45) is 0 Å². The Morgan fingerprint density at radius 1 is 1.10 bits per heavy atom. The third kappa shape index (κ3) is 3.28. The number of nitrogens with one attached hydrogen (secondary N) is 1. The molecule has 0 spiro atoms. The van der Waals surface area contributed by atoms with Gasteiger partial charge in [0.15, 0.2) is 0 Å². The van der Waals surface area contributed by atoms with Crippen molar-refractivity contribution < 1.29 is 4.74 Å². The summed E-state index contributed by atoms with van der Waals surface area (Å²) in [7, 11) is 0. The molecule has 0 amide bonds. The quantitative estimate of drug-likeness (QED) is 0.834. The molecule has 1 aromatic heterocycles. The lowest BCUT2D eigenvalue weighted by atomic mass is 9.98. The molecule has 1 aliphatic carbocycles. The molecule has 0 atom stereocenters. The summed E-state index contributed by atoms with van der Waals surface area (Å²) in [5, 5.41) is 4.64. The van der Waals surface area contributed by atoms with Crippen molar-refractivity contribution in [3.63, 3.8) is 0 Å². The molecule has 1 heterocycles. The van der Waals surface area contributed by atoms with Crippen molar-refractivity contribution in [2.75, 3.05) is 18.5 Å². The first-order valence-electron chi connectivity index (χ1n) is 7.63. The predicted molar refractivity (Wildman–Crippen MR) is 83.1 cm³/mol. The number of aromatic nitrogens is 1. The Balaban J connectivity index is 1.52. The molecule has 0 bridgehead atoms. The number of nitrogens with zero attached hydrogens (tertiary/aromatic N) is 1. The highest BCUT2D eigenvalue weighted by Crippen LogP contribution is 2.21. The number of hydrogen-bond donors (Lipinski definition) is 1. The minimum absolute atomic E-state index is 0.486. The highest BCUT2D eigenvalue weighted by Gasteiger charge is 2.13. The maximum absolute atomic E-state index is 5.94.